The largest absolute Gasteiger partial charge is 0.452 e. The Bertz CT molecular complexity index is 700. The zero-order valence-electron chi connectivity index (χ0n) is 14.1. The number of ether oxygens (including phenoxy) is 1. The first-order valence-electron chi connectivity index (χ1n) is 8.21. The van der Waals surface area contributed by atoms with Crippen LogP contribution in [-0.2, 0) is 14.3 Å². The van der Waals surface area contributed by atoms with Gasteiger partial charge in [0, 0.05) is 12.0 Å². The molecule has 2 unspecified atom stereocenters. The number of aldehydes is 1. The number of carbonyl (C=O) groups is 3. The molecule has 1 amide bonds. The summed E-state index contributed by atoms with van der Waals surface area (Å²) in [5.74, 6) is -0.803. The molecule has 0 heterocycles. The van der Waals surface area contributed by atoms with Gasteiger partial charge in [-0.15, -0.1) is 0 Å². The molecular formula is C20H21NO4. The number of rotatable bonds is 8. The molecule has 0 saturated carbocycles. The maximum absolute atomic E-state index is 12.5. The Morgan fingerprint density at radius 1 is 1.04 bits per heavy atom. The number of benzene rings is 2. The van der Waals surface area contributed by atoms with E-state index in [1.54, 1.807) is 48.5 Å². The van der Waals surface area contributed by atoms with Crippen molar-refractivity contribution in [2.75, 3.05) is 0 Å². The van der Waals surface area contributed by atoms with Crippen molar-refractivity contribution in [1.29, 1.82) is 0 Å². The second kappa shape index (κ2) is 9.37. The van der Waals surface area contributed by atoms with Crippen LogP contribution in [0, 0.1) is 0 Å². The molecule has 0 bridgehead atoms. The van der Waals surface area contributed by atoms with Gasteiger partial charge in [0.25, 0.3) is 5.91 Å². The third-order valence-electron chi connectivity index (χ3n) is 3.67. The summed E-state index contributed by atoms with van der Waals surface area (Å²) in [5.41, 5.74) is 1.15. The van der Waals surface area contributed by atoms with Crippen LogP contribution in [0.5, 0.6) is 0 Å². The van der Waals surface area contributed by atoms with Gasteiger partial charge < -0.3 is 10.1 Å². The van der Waals surface area contributed by atoms with Crippen LogP contribution in [0.3, 0.4) is 0 Å². The standard InChI is InChI=1S/C20H21NO4/c1-2-9-18(23)25-17(14-22)19(15-10-5-3-6-11-15)21-20(24)16-12-7-4-8-13-16/h3-8,10-14,17,19H,2,9H2,1H3,(H,21,24). The van der Waals surface area contributed by atoms with Crippen LogP contribution < -0.4 is 5.32 Å². The molecule has 0 saturated heterocycles. The fourth-order valence-corrected chi connectivity index (χ4v) is 2.42. The van der Waals surface area contributed by atoms with Crippen LogP contribution >= 0.6 is 0 Å². The summed E-state index contributed by atoms with van der Waals surface area (Å²) < 4.78 is 5.27. The highest BCUT2D eigenvalue weighted by molar-refractivity contribution is 5.94. The maximum atomic E-state index is 12.5. The van der Waals surface area contributed by atoms with Crippen molar-refractivity contribution in [3.8, 4) is 0 Å². The first-order valence-corrected chi connectivity index (χ1v) is 8.21. The van der Waals surface area contributed by atoms with Crippen LogP contribution in [-0.4, -0.2) is 24.3 Å². The predicted molar refractivity (Wildman–Crippen MR) is 93.9 cm³/mol. The number of amides is 1. The van der Waals surface area contributed by atoms with Gasteiger partial charge in [0.15, 0.2) is 12.4 Å². The SMILES string of the molecule is CCCC(=O)OC(C=O)C(NC(=O)c1ccccc1)c1ccccc1. The Morgan fingerprint density at radius 2 is 1.64 bits per heavy atom. The van der Waals surface area contributed by atoms with E-state index < -0.39 is 18.1 Å². The highest BCUT2D eigenvalue weighted by Crippen LogP contribution is 2.20. The fraction of sp³-hybridized carbons (Fsp3) is 0.250. The van der Waals surface area contributed by atoms with E-state index in [1.165, 1.54) is 0 Å². The number of nitrogens with one attached hydrogen (secondary N) is 1. The third-order valence-corrected chi connectivity index (χ3v) is 3.67. The topological polar surface area (TPSA) is 72.5 Å². The predicted octanol–water partition coefficient (Wildman–Crippen LogP) is 3.07. The van der Waals surface area contributed by atoms with E-state index in [1.807, 2.05) is 19.1 Å². The summed E-state index contributed by atoms with van der Waals surface area (Å²) >= 11 is 0. The molecule has 25 heavy (non-hydrogen) atoms. The number of hydrogen-bond acceptors (Lipinski definition) is 4. The molecule has 0 aliphatic rings. The van der Waals surface area contributed by atoms with E-state index in [-0.39, 0.29) is 12.3 Å². The second-order valence-corrected chi connectivity index (χ2v) is 5.57. The lowest BCUT2D eigenvalue weighted by atomic mass is 10.0. The second-order valence-electron chi connectivity index (χ2n) is 5.57. The van der Waals surface area contributed by atoms with E-state index in [4.69, 9.17) is 4.74 Å². The Morgan fingerprint density at radius 3 is 2.20 bits per heavy atom. The Hall–Kier alpha value is -2.95. The van der Waals surface area contributed by atoms with Gasteiger partial charge in [0.05, 0.1) is 6.04 Å². The molecule has 5 heteroatoms. The zero-order valence-corrected chi connectivity index (χ0v) is 14.1. The van der Waals surface area contributed by atoms with Crippen molar-refractivity contribution in [2.24, 2.45) is 0 Å². The van der Waals surface area contributed by atoms with Gasteiger partial charge in [-0.3, -0.25) is 14.4 Å². The van der Waals surface area contributed by atoms with Gasteiger partial charge in [-0.1, -0.05) is 55.5 Å². The van der Waals surface area contributed by atoms with Crippen LogP contribution in [0.2, 0.25) is 0 Å². The minimum Gasteiger partial charge on any atom is -0.452 e. The summed E-state index contributed by atoms with van der Waals surface area (Å²) in [6.45, 7) is 1.85. The van der Waals surface area contributed by atoms with E-state index in [2.05, 4.69) is 5.32 Å². The lowest BCUT2D eigenvalue weighted by Crippen LogP contribution is -2.39. The molecule has 2 rings (SSSR count). The van der Waals surface area contributed by atoms with E-state index in [0.717, 1.165) is 0 Å². The van der Waals surface area contributed by atoms with Crippen molar-refractivity contribution in [3.05, 3.63) is 71.8 Å². The molecule has 0 spiro atoms. The monoisotopic (exact) mass is 339 g/mol. The highest BCUT2D eigenvalue weighted by atomic mass is 16.5. The van der Waals surface area contributed by atoms with Gasteiger partial charge in [-0.05, 0) is 24.1 Å². The quantitative estimate of drug-likeness (QED) is 0.592. The number of hydrogen-bond donors (Lipinski definition) is 1. The molecule has 0 aliphatic heterocycles. The first-order chi connectivity index (χ1) is 12.2. The summed E-state index contributed by atoms with van der Waals surface area (Å²) in [4.78, 5) is 35.9. The molecule has 0 fully saturated rings. The molecule has 5 nitrogen and oxygen atoms in total. The number of carbonyl (C=O) groups excluding carboxylic acids is 3. The summed E-state index contributed by atoms with van der Waals surface area (Å²) in [6.07, 6.45) is 0.306. The summed E-state index contributed by atoms with van der Waals surface area (Å²) in [7, 11) is 0. The van der Waals surface area contributed by atoms with Crippen molar-refractivity contribution < 1.29 is 19.1 Å². The summed E-state index contributed by atoms with van der Waals surface area (Å²) in [5, 5.41) is 2.80. The lowest BCUT2D eigenvalue weighted by Gasteiger charge is -2.24. The van der Waals surface area contributed by atoms with Crippen molar-refractivity contribution in [3.63, 3.8) is 0 Å². The van der Waals surface area contributed by atoms with Crippen LogP contribution in [0.4, 0.5) is 0 Å². The van der Waals surface area contributed by atoms with Crippen LogP contribution in [0.15, 0.2) is 60.7 Å². The zero-order chi connectivity index (χ0) is 18.1. The van der Waals surface area contributed by atoms with Crippen LogP contribution in [0.25, 0.3) is 0 Å². The smallest absolute Gasteiger partial charge is 0.306 e. The average Bonchev–Trinajstić information content (AvgIpc) is 2.66. The van der Waals surface area contributed by atoms with Crippen molar-refractivity contribution in [2.45, 2.75) is 31.9 Å². The lowest BCUT2D eigenvalue weighted by molar-refractivity contribution is -0.153. The Kier molecular flexibility index (Phi) is 6.89. The molecule has 0 aromatic heterocycles. The minimum atomic E-state index is -1.09. The third kappa shape index (κ3) is 5.28. The van der Waals surface area contributed by atoms with E-state index in [9.17, 15) is 14.4 Å². The molecule has 2 atom stereocenters. The first kappa shape index (κ1) is 18.4. The normalized spacial score (nSPS) is 12.7. The number of esters is 1. The molecule has 2 aromatic rings. The fourth-order valence-electron chi connectivity index (χ4n) is 2.42. The van der Waals surface area contributed by atoms with Crippen molar-refractivity contribution >= 4 is 18.2 Å². The molecule has 1 N–H and O–H groups in total. The Balaban J connectivity index is 2.25. The van der Waals surface area contributed by atoms with Gasteiger partial charge in [-0.2, -0.15) is 0 Å². The molecule has 2 aromatic carbocycles. The van der Waals surface area contributed by atoms with E-state index in [0.29, 0.717) is 23.8 Å². The average molecular weight is 339 g/mol. The molecule has 130 valence electrons. The Labute approximate surface area is 147 Å². The molecule has 0 radical (unpaired) electrons. The van der Waals surface area contributed by atoms with Gasteiger partial charge >= 0.3 is 5.97 Å². The molecule has 0 aliphatic carbocycles. The minimum absolute atomic E-state index is 0.221. The van der Waals surface area contributed by atoms with Crippen LogP contribution in [0.1, 0.15) is 41.7 Å². The van der Waals surface area contributed by atoms with Gasteiger partial charge in [-0.25, -0.2) is 0 Å². The maximum Gasteiger partial charge on any atom is 0.306 e. The van der Waals surface area contributed by atoms with Gasteiger partial charge in [0.1, 0.15) is 0 Å². The molecular weight excluding hydrogens is 318 g/mol. The summed E-state index contributed by atoms with van der Waals surface area (Å²) in [6, 6.07) is 16.9. The van der Waals surface area contributed by atoms with E-state index >= 15 is 0 Å². The van der Waals surface area contributed by atoms with Gasteiger partial charge in [0.2, 0.25) is 0 Å². The van der Waals surface area contributed by atoms with Crippen molar-refractivity contribution in [1.82, 2.24) is 5.32 Å². The highest BCUT2D eigenvalue weighted by Gasteiger charge is 2.28.